The Labute approximate surface area is 283 Å². The number of aliphatic hydroxyl groups excluding tert-OH is 3. The molecule has 0 radical (unpaired) electrons. The first-order chi connectivity index (χ1) is 21.8. The minimum absolute atomic E-state index is 0.0619. The third-order valence-corrected chi connectivity index (χ3v) is 8.74. The van der Waals surface area contributed by atoms with Gasteiger partial charge in [-0.2, -0.15) is 0 Å². The van der Waals surface area contributed by atoms with Gasteiger partial charge in [0.1, 0.15) is 0 Å². The van der Waals surface area contributed by atoms with Crippen LogP contribution < -0.4 is 14.8 Å². The number of carbonyl (C=O) groups excluding carboxylic acids is 2. The number of rotatable bonds is 16. The van der Waals surface area contributed by atoms with Crippen molar-refractivity contribution in [2.75, 3.05) is 19.8 Å². The van der Waals surface area contributed by atoms with Gasteiger partial charge in [0.2, 0.25) is 0 Å². The van der Waals surface area contributed by atoms with Crippen LogP contribution in [-0.4, -0.2) is 71.1 Å². The van der Waals surface area contributed by atoms with E-state index in [4.69, 9.17) is 30.5 Å². The number of benzene rings is 2. The fourth-order valence-electron chi connectivity index (χ4n) is 5.66. The summed E-state index contributed by atoms with van der Waals surface area (Å²) in [6, 6.07) is 12.1. The molecule has 2 aromatic rings. The van der Waals surface area contributed by atoms with Crippen LogP contribution in [0.1, 0.15) is 79.5 Å². The summed E-state index contributed by atoms with van der Waals surface area (Å²) in [7, 11) is 0. The molecule has 10 nitrogen and oxygen atoms in total. The molecule has 11 heteroatoms. The van der Waals surface area contributed by atoms with Crippen LogP contribution in [0.2, 0.25) is 5.02 Å². The number of carbonyl (C=O) groups is 2. The van der Waals surface area contributed by atoms with E-state index in [1.807, 2.05) is 40.7 Å². The Hall–Kier alpha value is -2.89. The summed E-state index contributed by atoms with van der Waals surface area (Å²) >= 11 is 6.06. The maximum absolute atomic E-state index is 13.7. The standard InChI is InChI=1S/C36H52ClNO9/c1-21(2)30(40)34(6,7)19-44-32(42)36(33(43)45-20-35(8,9)31(41)22(3)4)46-28-14-13-24(16-29(28)47-36)15-23(5)38-18-27(39)25-11-10-12-26(37)17-25/h10-14,16-17,21-23,27,30-31,38-41H,15,18-20H2,1-9H3/t23-,27+,30?,31?,36?/m1/s1. The zero-order valence-corrected chi connectivity index (χ0v) is 29.8. The minimum Gasteiger partial charge on any atom is -0.459 e. The van der Waals surface area contributed by atoms with Crippen LogP contribution in [0.15, 0.2) is 42.5 Å². The van der Waals surface area contributed by atoms with E-state index in [2.05, 4.69) is 5.32 Å². The average molecular weight is 678 g/mol. The molecule has 3 rings (SSSR count). The summed E-state index contributed by atoms with van der Waals surface area (Å²) < 4.78 is 23.1. The van der Waals surface area contributed by atoms with Gasteiger partial charge in [-0.25, -0.2) is 9.59 Å². The lowest BCUT2D eigenvalue weighted by Crippen LogP contribution is -2.57. The summed E-state index contributed by atoms with van der Waals surface area (Å²) in [5.41, 5.74) is -0.134. The second-order valence-corrected chi connectivity index (χ2v) is 15.1. The van der Waals surface area contributed by atoms with Crippen LogP contribution in [0.4, 0.5) is 0 Å². The van der Waals surface area contributed by atoms with Crippen molar-refractivity contribution in [3.05, 3.63) is 58.6 Å². The Kier molecular flexibility index (Phi) is 12.8. The first-order valence-electron chi connectivity index (χ1n) is 16.2. The molecule has 4 atom stereocenters. The van der Waals surface area contributed by atoms with E-state index in [-0.39, 0.29) is 42.6 Å². The number of ether oxygens (including phenoxy) is 4. The Balaban J connectivity index is 1.78. The number of hydrogen-bond acceptors (Lipinski definition) is 10. The smallest absolute Gasteiger partial charge is 0.453 e. The van der Waals surface area contributed by atoms with Crippen molar-refractivity contribution in [2.45, 2.75) is 98.9 Å². The lowest BCUT2D eigenvalue weighted by Gasteiger charge is -2.34. The number of halogens is 1. The van der Waals surface area contributed by atoms with Gasteiger partial charge in [0.05, 0.1) is 31.5 Å². The summed E-state index contributed by atoms with van der Waals surface area (Å²) in [4.78, 5) is 27.4. The molecule has 0 spiro atoms. The molecular weight excluding hydrogens is 626 g/mol. The number of fused-ring (bicyclic) bond motifs is 1. The topological polar surface area (TPSA) is 144 Å². The zero-order chi connectivity index (χ0) is 35.3. The van der Waals surface area contributed by atoms with Crippen molar-refractivity contribution in [1.82, 2.24) is 5.32 Å². The highest BCUT2D eigenvalue weighted by Crippen LogP contribution is 2.42. The van der Waals surface area contributed by atoms with Crippen LogP contribution in [0.3, 0.4) is 0 Å². The third kappa shape index (κ3) is 9.60. The van der Waals surface area contributed by atoms with E-state index in [9.17, 15) is 24.9 Å². The van der Waals surface area contributed by atoms with Crippen molar-refractivity contribution < 1.29 is 43.9 Å². The lowest BCUT2D eigenvalue weighted by atomic mass is 9.81. The Morgan fingerprint density at radius 2 is 1.36 bits per heavy atom. The number of nitrogens with one attached hydrogen (secondary N) is 1. The van der Waals surface area contributed by atoms with Crippen LogP contribution in [0.25, 0.3) is 0 Å². The number of esters is 2. The number of aliphatic hydroxyl groups is 3. The van der Waals surface area contributed by atoms with Gasteiger partial charge in [-0.05, 0) is 60.6 Å². The molecule has 4 N–H and O–H groups in total. The Morgan fingerprint density at radius 1 is 0.830 bits per heavy atom. The highest BCUT2D eigenvalue weighted by atomic mass is 35.5. The molecule has 1 aliphatic heterocycles. The van der Waals surface area contributed by atoms with Crippen molar-refractivity contribution in [1.29, 1.82) is 0 Å². The van der Waals surface area contributed by atoms with Gasteiger partial charge in [0.15, 0.2) is 11.5 Å². The predicted octanol–water partition coefficient (Wildman–Crippen LogP) is 5.23. The van der Waals surface area contributed by atoms with E-state index < -0.39 is 46.9 Å². The van der Waals surface area contributed by atoms with E-state index >= 15 is 0 Å². The van der Waals surface area contributed by atoms with Crippen LogP contribution in [-0.2, 0) is 25.5 Å². The minimum atomic E-state index is -2.58. The normalized spacial score (nSPS) is 19.0. The highest BCUT2D eigenvalue weighted by Gasteiger charge is 2.60. The van der Waals surface area contributed by atoms with Gasteiger partial charge >= 0.3 is 17.7 Å². The van der Waals surface area contributed by atoms with Gasteiger partial charge in [0.25, 0.3) is 0 Å². The zero-order valence-electron chi connectivity index (χ0n) is 29.0. The molecule has 1 aliphatic rings. The molecule has 0 amide bonds. The third-order valence-electron chi connectivity index (χ3n) is 8.50. The molecule has 47 heavy (non-hydrogen) atoms. The van der Waals surface area contributed by atoms with E-state index in [1.54, 1.807) is 64.1 Å². The molecule has 0 saturated heterocycles. The largest absolute Gasteiger partial charge is 0.459 e. The molecule has 0 bridgehead atoms. The maximum Gasteiger partial charge on any atom is 0.453 e. The predicted molar refractivity (Wildman–Crippen MR) is 179 cm³/mol. The van der Waals surface area contributed by atoms with Gasteiger partial charge < -0.3 is 39.6 Å². The molecule has 1 heterocycles. The SMILES string of the molecule is CC(C)C(O)C(C)(C)COC(=O)C1(C(=O)OCC(C)(C)C(O)C(C)C)Oc2ccc(C[C@@H](C)NC[C@H](O)c3cccc(Cl)c3)cc2O1. The van der Waals surface area contributed by atoms with Gasteiger partial charge in [-0.3, -0.25) is 0 Å². The molecule has 0 fully saturated rings. The molecule has 0 aromatic heterocycles. The second kappa shape index (κ2) is 15.6. The fraction of sp³-hybridized carbons (Fsp3) is 0.611. The summed E-state index contributed by atoms with van der Waals surface area (Å²) in [6.07, 6.45) is -1.79. The first-order valence-corrected chi connectivity index (χ1v) is 16.6. The highest BCUT2D eigenvalue weighted by molar-refractivity contribution is 6.30. The Morgan fingerprint density at radius 3 is 1.87 bits per heavy atom. The van der Waals surface area contributed by atoms with Crippen molar-refractivity contribution >= 4 is 23.5 Å². The summed E-state index contributed by atoms with van der Waals surface area (Å²) in [6.45, 7) is 16.3. The van der Waals surface area contributed by atoms with Crippen molar-refractivity contribution in [2.24, 2.45) is 22.7 Å². The summed E-state index contributed by atoms with van der Waals surface area (Å²) in [5, 5.41) is 35.8. The van der Waals surface area contributed by atoms with Gasteiger partial charge in [0, 0.05) is 28.4 Å². The fourth-order valence-corrected chi connectivity index (χ4v) is 5.86. The average Bonchev–Trinajstić information content (AvgIpc) is 3.40. The molecule has 2 unspecified atom stereocenters. The van der Waals surface area contributed by atoms with Crippen LogP contribution in [0.5, 0.6) is 11.5 Å². The van der Waals surface area contributed by atoms with Crippen molar-refractivity contribution in [3.8, 4) is 11.5 Å². The van der Waals surface area contributed by atoms with E-state index in [1.165, 1.54) is 0 Å². The van der Waals surface area contributed by atoms with Crippen LogP contribution >= 0.6 is 11.6 Å². The molecule has 0 saturated carbocycles. The Bertz CT molecular complexity index is 1330. The van der Waals surface area contributed by atoms with Gasteiger partial charge in [-0.15, -0.1) is 0 Å². The van der Waals surface area contributed by atoms with E-state index in [0.717, 1.165) is 5.56 Å². The van der Waals surface area contributed by atoms with Gasteiger partial charge in [-0.1, -0.05) is 85.2 Å². The molecule has 0 aliphatic carbocycles. The quantitative estimate of drug-likeness (QED) is 0.138. The molecule has 262 valence electrons. The number of hydrogen-bond donors (Lipinski definition) is 4. The van der Waals surface area contributed by atoms with E-state index in [0.29, 0.717) is 23.6 Å². The lowest BCUT2D eigenvalue weighted by molar-refractivity contribution is -0.208. The monoisotopic (exact) mass is 677 g/mol. The van der Waals surface area contributed by atoms with Crippen molar-refractivity contribution in [3.63, 3.8) is 0 Å². The maximum atomic E-state index is 13.7. The molecular formula is C36H52ClNO9. The van der Waals surface area contributed by atoms with Crippen LogP contribution in [0, 0.1) is 22.7 Å². The first kappa shape index (κ1) is 38.6. The second-order valence-electron chi connectivity index (χ2n) is 14.7. The molecule has 2 aromatic carbocycles. The summed E-state index contributed by atoms with van der Waals surface area (Å²) in [5.74, 6) is -4.70.